The van der Waals surface area contributed by atoms with Crippen molar-refractivity contribution in [2.45, 2.75) is 38.1 Å². The number of aromatic nitrogens is 1. The van der Waals surface area contributed by atoms with Crippen LogP contribution in [0.25, 0.3) is 10.2 Å². The van der Waals surface area contributed by atoms with Gasteiger partial charge in [0, 0.05) is 17.6 Å². The summed E-state index contributed by atoms with van der Waals surface area (Å²) in [6, 6.07) is 16.9. The highest BCUT2D eigenvalue weighted by atomic mass is 32.1. The molecule has 144 valence electrons. The molecule has 3 heterocycles. The van der Waals surface area contributed by atoms with Gasteiger partial charge in [-0.1, -0.05) is 30.3 Å². The molecule has 2 aliphatic rings. The monoisotopic (exact) mass is 391 g/mol. The van der Waals surface area contributed by atoms with Crippen molar-refractivity contribution in [2.24, 2.45) is 0 Å². The van der Waals surface area contributed by atoms with Crippen molar-refractivity contribution in [3.63, 3.8) is 0 Å². The first-order valence-corrected chi connectivity index (χ1v) is 11.0. The number of fused-ring (bicyclic) bond motifs is 2. The van der Waals surface area contributed by atoms with E-state index < -0.39 is 0 Å². The summed E-state index contributed by atoms with van der Waals surface area (Å²) in [5, 5.41) is 1.26. The van der Waals surface area contributed by atoms with Crippen LogP contribution in [0, 0.1) is 0 Å². The number of benzene rings is 2. The molecule has 1 fully saturated rings. The third-order valence-electron chi connectivity index (χ3n) is 6.08. The van der Waals surface area contributed by atoms with Crippen LogP contribution in [-0.2, 0) is 11.2 Å². The summed E-state index contributed by atoms with van der Waals surface area (Å²) < 4.78 is 1.27. The average molecular weight is 392 g/mol. The lowest BCUT2D eigenvalue weighted by atomic mass is 9.97. The molecule has 1 saturated heterocycles. The van der Waals surface area contributed by atoms with Crippen molar-refractivity contribution < 1.29 is 4.79 Å². The van der Waals surface area contributed by atoms with Crippen molar-refractivity contribution in [3.05, 3.63) is 59.1 Å². The predicted octanol–water partition coefficient (Wildman–Crippen LogP) is 4.45. The van der Waals surface area contributed by atoms with Crippen LogP contribution in [0.15, 0.2) is 48.5 Å². The number of anilines is 1. The van der Waals surface area contributed by atoms with Crippen molar-refractivity contribution in [2.75, 3.05) is 24.5 Å². The number of hydrogen-bond donors (Lipinski definition) is 0. The maximum Gasteiger partial charge on any atom is 0.241 e. The molecule has 0 bridgehead atoms. The second kappa shape index (κ2) is 7.30. The van der Waals surface area contributed by atoms with Gasteiger partial charge < -0.3 is 4.90 Å². The zero-order valence-corrected chi connectivity index (χ0v) is 17.0. The quantitative estimate of drug-likeness (QED) is 0.662. The van der Waals surface area contributed by atoms with Crippen LogP contribution in [0.5, 0.6) is 0 Å². The smallest absolute Gasteiger partial charge is 0.241 e. The zero-order chi connectivity index (χ0) is 19.1. The van der Waals surface area contributed by atoms with E-state index in [2.05, 4.69) is 54.3 Å². The Morgan fingerprint density at radius 2 is 1.86 bits per heavy atom. The molecule has 1 aromatic heterocycles. The molecule has 2 aliphatic heterocycles. The van der Waals surface area contributed by atoms with Gasteiger partial charge in [0.15, 0.2) is 0 Å². The minimum atomic E-state index is 0.232. The van der Waals surface area contributed by atoms with Crippen LogP contribution in [0.2, 0.25) is 0 Å². The number of amides is 1. The molecule has 1 amide bonds. The lowest BCUT2D eigenvalue weighted by Gasteiger charge is -2.32. The first kappa shape index (κ1) is 17.8. The number of carbonyl (C=O) groups is 1. The molecule has 5 heteroatoms. The summed E-state index contributed by atoms with van der Waals surface area (Å²) in [7, 11) is 0. The molecule has 4 nitrogen and oxygen atoms in total. The van der Waals surface area contributed by atoms with Crippen LogP contribution >= 0.6 is 11.3 Å². The van der Waals surface area contributed by atoms with Crippen molar-refractivity contribution >= 4 is 33.1 Å². The highest BCUT2D eigenvalue weighted by Crippen LogP contribution is 2.35. The number of thiazole rings is 1. The average Bonchev–Trinajstić information content (AvgIpc) is 3.28. The molecule has 3 aromatic rings. The Morgan fingerprint density at radius 1 is 1.11 bits per heavy atom. The molecule has 0 N–H and O–H groups in total. The molecule has 0 unspecified atom stereocenters. The van der Waals surface area contributed by atoms with Crippen molar-refractivity contribution in [1.82, 2.24) is 9.88 Å². The van der Waals surface area contributed by atoms with Gasteiger partial charge >= 0.3 is 0 Å². The Labute approximate surface area is 169 Å². The summed E-state index contributed by atoms with van der Waals surface area (Å²) >= 11 is 1.83. The predicted molar refractivity (Wildman–Crippen MR) is 115 cm³/mol. The summed E-state index contributed by atoms with van der Waals surface area (Å²) in [5.41, 5.74) is 3.50. The minimum Gasteiger partial charge on any atom is -0.308 e. The van der Waals surface area contributed by atoms with E-state index in [9.17, 15) is 4.79 Å². The zero-order valence-electron chi connectivity index (χ0n) is 16.2. The van der Waals surface area contributed by atoms with E-state index in [0.29, 0.717) is 12.5 Å². The Bertz CT molecular complexity index is 973. The molecule has 28 heavy (non-hydrogen) atoms. The number of piperidine rings is 1. The molecular weight excluding hydrogens is 366 g/mol. The van der Waals surface area contributed by atoms with E-state index >= 15 is 0 Å². The second-order valence-corrected chi connectivity index (χ2v) is 9.08. The first-order chi connectivity index (χ1) is 13.7. The maximum absolute atomic E-state index is 13.0. The highest BCUT2D eigenvalue weighted by Gasteiger charge is 2.32. The normalized spacial score (nSPS) is 20.6. The van der Waals surface area contributed by atoms with Gasteiger partial charge in [0.1, 0.15) is 0 Å². The van der Waals surface area contributed by atoms with Gasteiger partial charge in [-0.05, 0) is 63.0 Å². The van der Waals surface area contributed by atoms with Gasteiger partial charge in [0.25, 0.3) is 0 Å². The lowest BCUT2D eigenvalue weighted by Crippen LogP contribution is -2.45. The molecule has 0 saturated carbocycles. The number of rotatable bonds is 3. The number of carbonyl (C=O) groups excluding carboxylic acids is 1. The fraction of sp³-hybridized carbons (Fsp3) is 0.391. The fourth-order valence-corrected chi connectivity index (χ4v) is 5.75. The van der Waals surface area contributed by atoms with Gasteiger partial charge in [0.05, 0.1) is 21.8 Å². The van der Waals surface area contributed by atoms with Gasteiger partial charge in [-0.25, -0.2) is 4.98 Å². The van der Waals surface area contributed by atoms with E-state index in [1.807, 2.05) is 22.3 Å². The molecule has 0 spiro atoms. The molecular formula is C23H25N3OS. The Balaban J connectivity index is 1.22. The second-order valence-electron chi connectivity index (χ2n) is 8.02. The summed E-state index contributed by atoms with van der Waals surface area (Å²) in [4.78, 5) is 22.2. The third kappa shape index (κ3) is 3.23. The summed E-state index contributed by atoms with van der Waals surface area (Å²) in [6.45, 7) is 4.61. The van der Waals surface area contributed by atoms with Crippen LogP contribution in [0.3, 0.4) is 0 Å². The van der Waals surface area contributed by atoms with E-state index in [1.165, 1.54) is 15.3 Å². The van der Waals surface area contributed by atoms with Crippen molar-refractivity contribution in [3.8, 4) is 0 Å². The number of hydrogen-bond acceptors (Lipinski definition) is 4. The number of likely N-dealkylation sites (tertiary alicyclic amines) is 1. The summed E-state index contributed by atoms with van der Waals surface area (Å²) in [6.07, 6.45) is 3.13. The van der Waals surface area contributed by atoms with Gasteiger partial charge in [-0.15, -0.1) is 11.3 Å². The van der Waals surface area contributed by atoms with E-state index in [1.54, 1.807) is 0 Å². The molecule has 0 aliphatic carbocycles. The Hall–Kier alpha value is -2.24. The molecule has 1 atom stereocenters. The third-order valence-corrected chi connectivity index (χ3v) is 7.28. The van der Waals surface area contributed by atoms with Crippen LogP contribution in [-0.4, -0.2) is 41.5 Å². The van der Waals surface area contributed by atoms with Crippen molar-refractivity contribution in [1.29, 1.82) is 0 Å². The van der Waals surface area contributed by atoms with Gasteiger partial charge in [-0.3, -0.25) is 9.69 Å². The standard InChI is InChI=1S/C23H25N3OS/c1-16-14-18-6-2-4-8-20(18)26(16)22(27)15-25-12-10-17(11-13-25)23-24-19-7-3-5-9-21(19)28-23/h2-9,16-17H,10-15H2,1H3/t16-/m0/s1. The summed E-state index contributed by atoms with van der Waals surface area (Å²) in [5.74, 6) is 0.756. The largest absolute Gasteiger partial charge is 0.308 e. The van der Waals surface area contributed by atoms with E-state index in [0.717, 1.165) is 43.6 Å². The number of nitrogens with zero attached hydrogens (tertiary/aromatic N) is 3. The lowest BCUT2D eigenvalue weighted by molar-refractivity contribution is -0.120. The minimum absolute atomic E-state index is 0.232. The molecule has 2 aromatic carbocycles. The fourth-order valence-electron chi connectivity index (χ4n) is 4.62. The van der Waals surface area contributed by atoms with Crippen LogP contribution in [0.1, 0.15) is 36.3 Å². The Kier molecular flexibility index (Phi) is 4.65. The molecule has 0 radical (unpaired) electrons. The topological polar surface area (TPSA) is 36.4 Å². The van der Waals surface area contributed by atoms with Gasteiger partial charge in [0.2, 0.25) is 5.91 Å². The Morgan fingerprint density at radius 3 is 2.68 bits per heavy atom. The highest BCUT2D eigenvalue weighted by molar-refractivity contribution is 7.18. The van der Waals surface area contributed by atoms with Gasteiger partial charge in [-0.2, -0.15) is 0 Å². The van der Waals surface area contributed by atoms with E-state index in [4.69, 9.17) is 4.98 Å². The maximum atomic E-state index is 13.0. The number of para-hydroxylation sites is 2. The first-order valence-electron chi connectivity index (χ1n) is 10.2. The SMILES string of the molecule is C[C@H]1Cc2ccccc2N1C(=O)CN1CCC(c2nc3ccccc3s2)CC1. The van der Waals surface area contributed by atoms with Crippen LogP contribution < -0.4 is 4.90 Å². The van der Waals surface area contributed by atoms with E-state index in [-0.39, 0.29) is 11.9 Å². The van der Waals surface area contributed by atoms with Crippen LogP contribution in [0.4, 0.5) is 5.69 Å². The molecule has 5 rings (SSSR count).